The average molecular weight is 497 g/mol. The number of carbonyl (C=O) groups is 1. The normalized spacial score (nSPS) is 14.1. The van der Waals surface area contributed by atoms with Crippen LogP contribution < -0.4 is 10.1 Å². The highest BCUT2D eigenvalue weighted by Crippen LogP contribution is 2.40. The highest BCUT2D eigenvalue weighted by atomic mass is 28.4. The standard InChI is InChI=1S/C24H28F4N2O3Si/c1-22(2,3)34(5,6)33-23(4,15-32-19-11-8-17(25)9-12-19)21(31)30-18-10-7-16(14-29)20(13-18)24(26,27)28/h7-13H,15H2,1-6H3,(H,30,31)/t23-/m0/s1. The Bertz CT molecular complexity index is 1070. The molecule has 0 saturated heterocycles. The van der Waals surface area contributed by atoms with Gasteiger partial charge in [-0.15, -0.1) is 0 Å². The molecule has 2 aromatic carbocycles. The highest BCUT2D eigenvalue weighted by Gasteiger charge is 2.47. The maximum atomic E-state index is 13.3. The zero-order valence-electron chi connectivity index (χ0n) is 19.9. The predicted octanol–water partition coefficient (Wildman–Crippen LogP) is 6.51. The second kappa shape index (κ2) is 9.76. The molecule has 1 N–H and O–H groups in total. The first kappa shape index (κ1) is 27.3. The Kier molecular flexibility index (Phi) is 7.85. The van der Waals surface area contributed by atoms with E-state index < -0.39 is 42.9 Å². The number of amides is 1. The number of ether oxygens (including phenoxy) is 1. The number of hydrogen-bond donors (Lipinski definition) is 1. The number of carbonyl (C=O) groups excluding carboxylic acids is 1. The second-order valence-corrected chi connectivity index (χ2v) is 14.4. The van der Waals surface area contributed by atoms with Crippen LogP contribution in [0, 0.1) is 17.1 Å². The van der Waals surface area contributed by atoms with Gasteiger partial charge in [-0.1, -0.05) is 20.8 Å². The Balaban J connectivity index is 2.38. The number of rotatable bonds is 7. The lowest BCUT2D eigenvalue weighted by Crippen LogP contribution is -2.56. The van der Waals surface area contributed by atoms with Gasteiger partial charge in [-0.2, -0.15) is 18.4 Å². The molecule has 0 saturated carbocycles. The van der Waals surface area contributed by atoms with E-state index in [0.717, 1.165) is 6.07 Å². The number of nitrogens with zero attached hydrogens (tertiary/aromatic N) is 1. The maximum absolute atomic E-state index is 13.3. The van der Waals surface area contributed by atoms with Gasteiger partial charge >= 0.3 is 6.18 Å². The minimum absolute atomic E-state index is 0.136. The molecule has 10 heteroatoms. The summed E-state index contributed by atoms with van der Waals surface area (Å²) in [5.41, 5.74) is -3.42. The van der Waals surface area contributed by atoms with Gasteiger partial charge in [-0.25, -0.2) is 4.39 Å². The summed E-state index contributed by atoms with van der Waals surface area (Å²) in [6.07, 6.45) is -4.77. The van der Waals surface area contributed by atoms with Gasteiger partial charge < -0.3 is 14.5 Å². The topological polar surface area (TPSA) is 71.3 Å². The molecule has 0 spiro atoms. The summed E-state index contributed by atoms with van der Waals surface area (Å²) in [4.78, 5) is 13.3. The molecular formula is C24H28F4N2O3Si. The summed E-state index contributed by atoms with van der Waals surface area (Å²) in [6, 6.07) is 9.65. The van der Waals surface area contributed by atoms with Crippen molar-refractivity contribution in [1.82, 2.24) is 0 Å². The third-order valence-corrected chi connectivity index (χ3v) is 10.4. The number of halogens is 4. The number of nitriles is 1. The molecule has 2 rings (SSSR count). The van der Waals surface area contributed by atoms with E-state index in [0.29, 0.717) is 11.8 Å². The molecule has 1 atom stereocenters. The quantitative estimate of drug-likeness (QED) is 0.350. The summed E-state index contributed by atoms with van der Waals surface area (Å²) in [5, 5.41) is 11.2. The van der Waals surface area contributed by atoms with Gasteiger partial charge in [0.25, 0.3) is 5.91 Å². The van der Waals surface area contributed by atoms with Crippen LogP contribution in [0.3, 0.4) is 0 Å². The maximum Gasteiger partial charge on any atom is 0.417 e. The Morgan fingerprint density at radius 1 is 1.06 bits per heavy atom. The van der Waals surface area contributed by atoms with Crippen LogP contribution in [-0.4, -0.2) is 26.4 Å². The predicted molar refractivity (Wildman–Crippen MR) is 123 cm³/mol. The van der Waals surface area contributed by atoms with Crippen LogP contribution in [0.5, 0.6) is 5.75 Å². The smallest absolute Gasteiger partial charge is 0.417 e. The Morgan fingerprint density at radius 3 is 2.15 bits per heavy atom. The molecule has 0 aromatic heterocycles. The van der Waals surface area contributed by atoms with E-state index in [9.17, 15) is 22.4 Å². The van der Waals surface area contributed by atoms with Gasteiger partial charge in [-0.3, -0.25) is 4.79 Å². The minimum atomic E-state index is -4.77. The minimum Gasteiger partial charge on any atom is -0.490 e. The molecule has 0 heterocycles. The van der Waals surface area contributed by atoms with Crippen molar-refractivity contribution in [3.05, 3.63) is 59.4 Å². The van der Waals surface area contributed by atoms with Crippen LogP contribution in [-0.2, 0) is 15.4 Å². The molecular weight excluding hydrogens is 468 g/mol. The van der Waals surface area contributed by atoms with Gasteiger partial charge in [0.2, 0.25) is 0 Å². The average Bonchev–Trinajstić information content (AvgIpc) is 2.71. The number of nitrogens with one attached hydrogen (secondary N) is 1. The largest absolute Gasteiger partial charge is 0.490 e. The van der Waals surface area contributed by atoms with Crippen molar-refractivity contribution in [3.63, 3.8) is 0 Å². The molecule has 0 unspecified atom stereocenters. The van der Waals surface area contributed by atoms with Crippen LogP contribution in [0.4, 0.5) is 23.2 Å². The molecule has 0 aliphatic carbocycles. The van der Waals surface area contributed by atoms with E-state index in [1.54, 1.807) is 0 Å². The van der Waals surface area contributed by atoms with Gasteiger partial charge in [-0.05, 0) is 67.5 Å². The molecule has 5 nitrogen and oxygen atoms in total. The third-order valence-electron chi connectivity index (χ3n) is 5.80. The Labute approximate surface area is 197 Å². The van der Waals surface area contributed by atoms with Gasteiger partial charge in [0, 0.05) is 5.69 Å². The molecule has 2 aromatic rings. The van der Waals surface area contributed by atoms with E-state index in [-0.39, 0.29) is 17.3 Å². The fourth-order valence-corrected chi connectivity index (χ4v) is 4.41. The zero-order chi connectivity index (χ0) is 25.9. The summed E-state index contributed by atoms with van der Waals surface area (Å²) >= 11 is 0. The van der Waals surface area contributed by atoms with Crippen molar-refractivity contribution in [2.75, 3.05) is 11.9 Å². The molecule has 0 aliphatic heterocycles. The monoisotopic (exact) mass is 496 g/mol. The van der Waals surface area contributed by atoms with Gasteiger partial charge in [0.15, 0.2) is 13.9 Å². The van der Waals surface area contributed by atoms with Crippen molar-refractivity contribution < 1.29 is 31.5 Å². The van der Waals surface area contributed by atoms with Crippen molar-refractivity contribution in [3.8, 4) is 11.8 Å². The van der Waals surface area contributed by atoms with Crippen LogP contribution in [0.2, 0.25) is 18.1 Å². The molecule has 34 heavy (non-hydrogen) atoms. The number of alkyl halides is 3. The van der Waals surface area contributed by atoms with Crippen molar-refractivity contribution in [1.29, 1.82) is 5.26 Å². The van der Waals surface area contributed by atoms with Gasteiger partial charge in [0.05, 0.1) is 17.2 Å². The Hall–Kier alpha value is -2.90. The zero-order valence-corrected chi connectivity index (χ0v) is 20.9. The summed E-state index contributed by atoms with van der Waals surface area (Å²) in [7, 11) is -2.55. The summed E-state index contributed by atoms with van der Waals surface area (Å²) < 4.78 is 65.3. The van der Waals surface area contributed by atoms with Crippen molar-refractivity contribution >= 4 is 19.9 Å². The summed E-state index contributed by atoms with van der Waals surface area (Å²) in [5.74, 6) is -0.860. The third kappa shape index (κ3) is 6.58. The van der Waals surface area contributed by atoms with Gasteiger partial charge in [0.1, 0.15) is 18.2 Å². The fraction of sp³-hybridized carbons (Fsp3) is 0.417. The SMILES string of the molecule is CC(C)(C)[Si](C)(C)O[C@@](C)(COc1ccc(F)cc1)C(=O)Nc1ccc(C#N)c(C(F)(F)F)c1. The molecule has 184 valence electrons. The lowest BCUT2D eigenvalue weighted by Gasteiger charge is -2.43. The number of anilines is 1. The molecule has 0 radical (unpaired) electrons. The first-order valence-corrected chi connectivity index (χ1v) is 13.4. The molecule has 0 bridgehead atoms. The lowest BCUT2D eigenvalue weighted by molar-refractivity contribution is -0.138. The number of benzene rings is 2. The van der Waals surface area contributed by atoms with E-state index >= 15 is 0 Å². The van der Waals surface area contributed by atoms with E-state index in [4.69, 9.17) is 14.4 Å². The van der Waals surface area contributed by atoms with Crippen LogP contribution in [0.1, 0.15) is 38.8 Å². The fourth-order valence-electron chi connectivity index (χ4n) is 2.83. The van der Waals surface area contributed by atoms with Crippen LogP contribution >= 0.6 is 0 Å². The second-order valence-electron chi connectivity index (χ2n) is 9.66. The van der Waals surface area contributed by atoms with E-state index in [2.05, 4.69) is 5.32 Å². The first-order chi connectivity index (χ1) is 15.5. The molecule has 1 amide bonds. The van der Waals surface area contributed by atoms with E-state index in [1.807, 2.05) is 33.9 Å². The lowest BCUT2D eigenvalue weighted by atomic mass is 10.1. The van der Waals surface area contributed by atoms with E-state index in [1.165, 1.54) is 43.3 Å². The van der Waals surface area contributed by atoms with Crippen molar-refractivity contribution in [2.45, 2.75) is 57.6 Å². The first-order valence-electron chi connectivity index (χ1n) is 10.5. The molecule has 0 fully saturated rings. The Morgan fingerprint density at radius 2 is 1.65 bits per heavy atom. The van der Waals surface area contributed by atoms with Crippen molar-refractivity contribution in [2.24, 2.45) is 0 Å². The van der Waals surface area contributed by atoms with Crippen LogP contribution in [0.25, 0.3) is 0 Å². The summed E-state index contributed by atoms with van der Waals surface area (Å²) in [6.45, 7) is 11.0. The number of hydrogen-bond acceptors (Lipinski definition) is 4. The molecule has 0 aliphatic rings. The van der Waals surface area contributed by atoms with Crippen LogP contribution in [0.15, 0.2) is 42.5 Å². The highest BCUT2D eigenvalue weighted by molar-refractivity contribution is 6.74.